The highest BCUT2D eigenvalue weighted by Crippen LogP contribution is 2.27. The molecule has 0 spiro atoms. The second-order valence-electron chi connectivity index (χ2n) is 4.98. The zero-order chi connectivity index (χ0) is 14.4. The van der Waals surface area contributed by atoms with Gasteiger partial charge in [-0.15, -0.1) is 0 Å². The van der Waals surface area contributed by atoms with Gasteiger partial charge in [0, 0.05) is 17.7 Å². The fraction of sp³-hybridized carbons (Fsp3) is 0.438. The molecule has 4 heteroatoms. The fourth-order valence-electron chi connectivity index (χ4n) is 2.06. The number of ether oxygens (including phenoxy) is 1. The second kappa shape index (κ2) is 7.10. The molecule has 1 aromatic carbocycles. The summed E-state index contributed by atoms with van der Waals surface area (Å²) in [4.78, 5) is 0. The summed E-state index contributed by atoms with van der Waals surface area (Å²) in [5.74, 6) is 1.63. The van der Waals surface area contributed by atoms with E-state index < -0.39 is 0 Å². The van der Waals surface area contributed by atoms with Gasteiger partial charge in [-0.05, 0) is 38.4 Å². The maximum Gasteiger partial charge on any atom is 0.174 e. The maximum absolute atomic E-state index is 5.89. The Bertz CT molecular complexity index is 523. The third-order valence-corrected chi connectivity index (χ3v) is 3.20. The first kappa shape index (κ1) is 14.6. The summed E-state index contributed by atoms with van der Waals surface area (Å²) < 4.78 is 10.9. The molecular formula is C16H22N2O2. The predicted molar refractivity (Wildman–Crippen MR) is 78.7 cm³/mol. The molecule has 0 saturated heterocycles. The molecule has 1 atom stereocenters. The quantitative estimate of drug-likeness (QED) is 0.837. The predicted octanol–water partition coefficient (Wildman–Crippen LogP) is 3.62. The minimum Gasteiger partial charge on any atom is -0.485 e. The molecule has 0 saturated carbocycles. The number of rotatable bonds is 7. The van der Waals surface area contributed by atoms with Crippen molar-refractivity contribution in [3.8, 4) is 5.75 Å². The van der Waals surface area contributed by atoms with Crippen molar-refractivity contribution in [2.75, 3.05) is 6.54 Å². The Morgan fingerprint density at radius 2 is 2.20 bits per heavy atom. The summed E-state index contributed by atoms with van der Waals surface area (Å²) in [5.41, 5.74) is 2.35. The van der Waals surface area contributed by atoms with Crippen LogP contribution in [-0.2, 0) is 6.61 Å². The van der Waals surface area contributed by atoms with E-state index in [2.05, 4.69) is 49.4 Å². The van der Waals surface area contributed by atoms with Gasteiger partial charge in [0.2, 0.25) is 0 Å². The van der Waals surface area contributed by atoms with Gasteiger partial charge in [0.05, 0.1) is 6.20 Å². The number of benzene rings is 1. The van der Waals surface area contributed by atoms with E-state index in [9.17, 15) is 0 Å². The third-order valence-electron chi connectivity index (χ3n) is 3.20. The van der Waals surface area contributed by atoms with Crippen LogP contribution in [0.2, 0.25) is 0 Å². The van der Waals surface area contributed by atoms with Crippen molar-refractivity contribution in [2.24, 2.45) is 0 Å². The molecule has 0 fully saturated rings. The van der Waals surface area contributed by atoms with Crippen LogP contribution in [0.1, 0.15) is 43.2 Å². The molecule has 1 heterocycles. The van der Waals surface area contributed by atoms with Crippen LogP contribution in [-0.4, -0.2) is 11.7 Å². The normalized spacial score (nSPS) is 12.3. The lowest BCUT2D eigenvalue weighted by molar-refractivity contribution is 0.245. The SMILES string of the molecule is CCCNC(C)c1ccc(C)cc1OCc1ccno1. The molecule has 2 rings (SSSR count). The van der Waals surface area contributed by atoms with E-state index in [-0.39, 0.29) is 6.04 Å². The zero-order valence-corrected chi connectivity index (χ0v) is 12.3. The van der Waals surface area contributed by atoms with Crippen molar-refractivity contribution in [3.63, 3.8) is 0 Å². The summed E-state index contributed by atoms with van der Waals surface area (Å²) in [5, 5.41) is 7.17. The van der Waals surface area contributed by atoms with Crippen molar-refractivity contribution in [2.45, 2.75) is 39.8 Å². The van der Waals surface area contributed by atoms with E-state index in [0.717, 1.165) is 24.5 Å². The molecule has 0 amide bonds. The Morgan fingerprint density at radius 1 is 1.35 bits per heavy atom. The Balaban J connectivity index is 2.10. The number of aryl methyl sites for hydroxylation is 1. The van der Waals surface area contributed by atoms with Gasteiger partial charge in [-0.1, -0.05) is 24.2 Å². The molecule has 108 valence electrons. The lowest BCUT2D eigenvalue weighted by atomic mass is 10.0. The Labute approximate surface area is 120 Å². The number of nitrogens with one attached hydrogen (secondary N) is 1. The van der Waals surface area contributed by atoms with E-state index >= 15 is 0 Å². The van der Waals surface area contributed by atoms with Gasteiger partial charge in [0.1, 0.15) is 12.4 Å². The second-order valence-corrected chi connectivity index (χ2v) is 4.98. The molecule has 1 N–H and O–H groups in total. The van der Waals surface area contributed by atoms with Crippen molar-refractivity contribution in [3.05, 3.63) is 47.3 Å². The van der Waals surface area contributed by atoms with Gasteiger partial charge >= 0.3 is 0 Å². The fourth-order valence-corrected chi connectivity index (χ4v) is 2.06. The van der Waals surface area contributed by atoms with Crippen LogP contribution in [0.25, 0.3) is 0 Å². The minimum absolute atomic E-state index is 0.264. The minimum atomic E-state index is 0.264. The van der Waals surface area contributed by atoms with E-state index in [1.54, 1.807) is 6.20 Å². The van der Waals surface area contributed by atoms with Crippen molar-refractivity contribution >= 4 is 0 Å². The smallest absolute Gasteiger partial charge is 0.174 e. The summed E-state index contributed by atoms with van der Waals surface area (Å²) in [6, 6.07) is 8.38. The molecule has 0 radical (unpaired) electrons. The Hall–Kier alpha value is -1.81. The molecule has 1 unspecified atom stereocenters. The average molecular weight is 274 g/mol. The van der Waals surface area contributed by atoms with Gasteiger partial charge in [-0.25, -0.2) is 0 Å². The van der Waals surface area contributed by atoms with E-state index in [4.69, 9.17) is 9.26 Å². The summed E-state index contributed by atoms with van der Waals surface area (Å²) in [6.45, 7) is 7.78. The van der Waals surface area contributed by atoms with Gasteiger partial charge < -0.3 is 14.6 Å². The lowest BCUT2D eigenvalue weighted by Gasteiger charge is -2.18. The van der Waals surface area contributed by atoms with Crippen molar-refractivity contribution < 1.29 is 9.26 Å². The monoisotopic (exact) mass is 274 g/mol. The molecular weight excluding hydrogens is 252 g/mol. The van der Waals surface area contributed by atoms with Crippen LogP contribution in [0.4, 0.5) is 0 Å². The topological polar surface area (TPSA) is 47.3 Å². The van der Waals surface area contributed by atoms with Gasteiger partial charge in [-0.3, -0.25) is 0 Å². The third kappa shape index (κ3) is 3.84. The highest BCUT2D eigenvalue weighted by atomic mass is 16.5. The van der Waals surface area contributed by atoms with Gasteiger partial charge in [0.25, 0.3) is 0 Å². The molecule has 2 aromatic rings. The van der Waals surface area contributed by atoms with E-state index in [0.29, 0.717) is 6.61 Å². The van der Waals surface area contributed by atoms with E-state index in [1.807, 2.05) is 6.07 Å². The number of nitrogens with zero attached hydrogens (tertiary/aromatic N) is 1. The van der Waals surface area contributed by atoms with Crippen LogP contribution in [0.15, 0.2) is 35.0 Å². The van der Waals surface area contributed by atoms with Crippen LogP contribution in [0, 0.1) is 6.92 Å². The first-order chi connectivity index (χ1) is 9.70. The summed E-state index contributed by atoms with van der Waals surface area (Å²) >= 11 is 0. The molecule has 1 aromatic heterocycles. The van der Waals surface area contributed by atoms with Crippen molar-refractivity contribution in [1.29, 1.82) is 0 Å². The Kier molecular flexibility index (Phi) is 5.18. The average Bonchev–Trinajstić information content (AvgIpc) is 2.96. The van der Waals surface area contributed by atoms with Crippen LogP contribution in [0.5, 0.6) is 5.75 Å². The molecule has 0 aliphatic carbocycles. The van der Waals surface area contributed by atoms with Gasteiger partial charge in [-0.2, -0.15) is 0 Å². The van der Waals surface area contributed by atoms with Crippen LogP contribution >= 0.6 is 0 Å². The number of hydrogen-bond acceptors (Lipinski definition) is 4. The largest absolute Gasteiger partial charge is 0.485 e. The summed E-state index contributed by atoms with van der Waals surface area (Å²) in [7, 11) is 0. The molecule has 0 aliphatic heterocycles. The van der Waals surface area contributed by atoms with Crippen LogP contribution < -0.4 is 10.1 Å². The lowest BCUT2D eigenvalue weighted by Crippen LogP contribution is -2.20. The Morgan fingerprint density at radius 3 is 2.90 bits per heavy atom. The maximum atomic E-state index is 5.89. The summed E-state index contributed by atoms with van der Waals surface area (Å²) in [6.07, 6.45) is 2.74. The van der Waals surface area contributed by atoms with E-state index in [1.165, 1.54) is 11.1 Å². The van der Waals surface area contributed by atoms with Gasteiger partial charge in [0.15, 0.2) is 5.76 Å². The first-order valence-corrected chi connectivity index (χ1v) is 7.07. The molecule has 4 nitrogen and oxygen atoms in total. The molecule has 0 aliphatic rings. The van der Waals surface area contributed by atoms with Crippen LogP contribution in [0.3, 0.4) is 0 Å². The van der Waals surface area contributed by atoms with Crippen molar-refractivity contribution in [1.82, 2.24) is 10.5 Å². The molecule has 0 bridgehead atoms. The standard InChI is InChI=1S/C16H22N2O2/c1-4-8-17-13(3)15-6-5-12(2)10-16(15)19-11-14-7-9-18-20-14/h5-7,9-10,13,17H,4,8,11H2,1-3H3. The number of aromatic nitrogens is 1. The highest BCUT2D eigenvalue weighted by Gasteiger charge is 2.12. The molecule has 20 heavy (non-hydrogen) atoms. The number of hydrogen-bond donors (Lipinski definition) is 1. The zero-order valence-electron chi connectivity index (χ0n) is 12.3. The highest BCUT2D eigenvalue weighted by molar-refractivity contribution is 5.39. The first-order valence-electron chi connectivity index (χ1n) is 7.07.